The van der Waals surface area contributed by atoms with Crippen LogP contribution >= 0.6 is 0 Å². The zero-order valence-corrected chi connectivity index (χ0v) is 8.41. The molecule has 1 unspecified atom stereocenters. The molecular weight excluding hydrogens is 188 g/mol. The van der Waals surface area contributed by atoms with Gasteiger partial charge in [0.1, 0.15) is 6.54 Å². The number of carboxylic acid groups (broad SMARTS) is 1. The summed E-state index contributed by atoms with van der Waals surface area (Å²) in [5.74, 6) is -1.15. The van der Waals surface area contributed by atoms with E-state index in [4.69, 9.17) is 10.8 Å². The summed E-state index contributed by atoms with van der Waals surface area (Å²) < 4.78 is 0. The van der Waals surface area contributed by atoms with Crippen LogP contribution in [0.5, 0.6) is 0 Å². The number of hydrogen-bond acceptors (Lipinski definition) is 3. The number of carbonyl (C=O) groups excluding carboxylic acids is 1. The van der Waals surface area contributed by atoms with Crippen molar-refractivity contribution in [3.63, 3.8) is 0 Å². The Bertz CT molecular complexity index is 194. The molecule has 0 fully saturated rings. The van der Waals surface area contributed by atoms with Gasteiger partial charge in [0.25, 0.3) is 0 Å². The summed E-state index contributed by atoms with van der Waals surface area (Å²) >= 11 is 0. The highest BCUT2D eigenvalue weighted by atomic mass is 16.4. The van der Waals surface area contributed by atoms with E-state index in [0.29, 0.717) is 12.3 Å². The first-order valence-electron chi connectivity index (χ1n) is 4.18. The van der Waals surface area contributed by atoms with E-state index in [-0.39, 0.29) is 12.0 Å². The van der Waals surface area contributed by atoms with Crippen LogP contribution < -0.4 is 11.1 Å². The summed E-state index contributed by atoms with van der Waals surface area (Å²) in [6.07, 6.45) is 0.561. The largest absolute Gasteiger partial charge is 0.480 e. The molecule has 0 aromatic rings. The number of nitrogens with two attached hydrogens (primary N) is 1. The van der Waals surface area contributed by atoms with Crippen LogP contribution in [0, 0.1) is 5.92 Å². The minimum absolute atomic E-state index is 0. The molecular formula is C8H18N2O4. The number of carboxylic acids is 1. The topological polar surface area (TPSA) is 124 Å². The van der Waals surface area contributed by atoms with Gasteiger partial charge in [-0.3, -0.25) is 9.59 Å². The molecule has 0 aromatic heterocycles. The second-order valence-corrected chi connectivity index (χ2v) is 3.35. The fourth-order valence-electron chi connectivity index (χ4n) is 0.909. The highest BCUT2D eigenvalue weighted by Gasteiger charge is 2.14. The molecule has 6 nitrogen and oxygen atoms in total. The monoisotopic (exact) mass is 206 g/mol. The van der Waals surface area contributed by atoms with Crippen LogP contribution in [0.15, 0.2) is 0 Å². The van der Waals surface area contributed by atoms with Crippen molar-refractivity contribution in [2.45, 2.75) is 26.3 Å². The number of nitrogens with one attached hydrogen (secondary N) is 1. The van der Waals surface area contributed by atoms with Gasteiger partial charge in [-0.2, -0.15) is 0 Å². The lowest BCUT2D eigenvalue weighted by Crippen LogP contribution is -2.43. The normalized spacial score (nSPS) is 11.7. The van der Waals surface area contributed by atoms with Crippen LogP contribution in [-0.2, 0) is 9.59 Å². The zero-order valence-electron chi connectivity index (χ0n) is 8.41. The summed E-state index contributed by atoms with van der Waals surface area (Å²) in [6.45, 7) is 3.53. The van der Waals surface area contributed by atoms with Crippen molar-refractivity contribution in [3.8, 4) is 0 Å². The van der Waals surface area contributed by atoms with Crippen molar-refractivity contribution in [1.82, 2.24) is 5.32 Å². The van der Waals surface area contributed by atoms with Gasteiger partial charge in [0.05, 0.1) is 6.04 Å². The Balaban J connectivity index is 0. The Kier molecular flexibility index (Phi) is 7.98. The number of hydrogen-bond donors (Lipinski definition) is 3. The third-order valence-electron chi connectivity index (χ3n) is 1.48. The van der Waals surface area contributed by atoms with Crippen LogP contribution in [0.2, 0.25) is 0 Å². The summed E-state index contributed by atoms with van der Waals surface area (Å²) in [5.41, 5.74) is 5.50. The molecule has 0 bridgehead atoms. The van der Waals surface area contributed by atoms with E-state index in [9.17, 15) is 9.59 Å². The predicted octanol–water partition coefficient (Wildman–Crippen LogP) is -1.26. The van der Waals surface area contributed by atoms with E-state index in [0.717, 1.165) is 0 Å². The molecule has 0 aromatic carbocycles. The van der Waals surface area contributed by atoms with E-state index in [1.54, 1.807) is 0 Å². The molecule has 0 aliphatic heterocycles. The van der Waals surface area contributed by atoms with Crippen molar-refractivity contribution >= 4 is 11.9 Å². The summed E-state index contributed by atoms with van der Waals surface area (Å²) in [4.78, 5) is 21.2. The van der Waals surface area contributed by atoms with Crippen LogP contribution in [0.4, 0.5) is 0 Å². The highest BCUT2D eigenvalue weighted by Crippen LogP contribution is 2.01. The molecule has 0 radical (unpaired) electrons. The van der Waals surface area contributed by atoms with E-state index < -0.39 is 17.9 Å². The van der Waals surface area contributed by atoms with Crippen molar-refractivity contribution in [2.75, 3.05) is 6.54 Å². The van der Waals surface area contributed by atoms with Gasteiger partial charge in [0.15, 0.2) is 0 Å². The molecule has 0 aliphatic rings. The molecule has 0 saturated carbocycles. The molecule has 6 heteroatoms. The summed E-state index contributed by atoms with van der Waals surface area (Å²) in [7, 11) is 0. The minimum Gasteiger partial charge on any atom is -0.480 e. The average Bonchev–Trinajstić information content (AvgIpc) is 1.98. The van der Waals surface area contributed by atoms with Gasteiger partial charge in [-0.05, 0) is 12.3 Å². The molecule has 1 amide bonds. The number of carbonyl (C=O) groups is 2. The van der Waals surface area contributed by atoms with Crippen molar-refractivity contribution < 1.29 is 20.2 Å². The van der Waals surface area contributed by atoms with Gasteiger partial charge in [-0.15, -0.1) is 0 Å². The first-order chi connectivity index (χ1) is 5.93. The molecule has 0 heterocycles. The maximum atomic E-state index is 11.1. The summed E-state index contributed by atoms with van der Waals surface area (Å²) in [6, 6.07) is -0.612. The predicted molar refractivity (Wildman–Crippen MR) is 51.7 cm³/mol. The molecule has 0 aliphatic carbocycles. The Morgan fingerprint density at radius 3 is 2.29 bits per heavy atom. The smallest absolute Gasteiger partial charge is 0.322 e. The van der Waals surface area contributed by atoms with Crippen LogP contribution in [0.3, 0.4) is 0 Å². The first kappa shape index (κ1) is 15.3. The van der Waals surface area contributed by atoms with Crippen LogP contribution in [-0.4, -0.2) is 35.0 Å². The SMILES string of the molecule is CC(C)CC(N)C(=O)NCC(=O)O.O. The second kappa shape index (κ2) is 7.28. The fourth-order valence-corrected chi connectivity index (χ4v) is 0.909. The Morgan fingerprint density at radius 1 is 1.43 bits per heavy atom. The second-order valence-electron chi connectivity index (χ2n) is 3.35. The van der Waals surface area contributed by atoms with Gasteiger partial charge >= 0.3 is 5.97 Å². The first-order valence-corrected chi connectivity index (χ1v) is 4.18. The fraction of sp³-hybridized carbons (Fsp3) is 0.750. The van der Waals surface area contributed by atoms with Crippen LogP contribution in [0.25, 0.3) is 0 Å². The highest BCUT2D eigenvalue weighted by molar-refractivity contribution is 5.84. The summed E-state index contributed by atoms with van der Waals surface area (Å²) in [5, 5.41) is 10.5. The Labute approximate surface area is 82.8 Å². The van der Waals surface area contributed by atoms with Gasteiger partial charge in [0.2, 0.25) is 5.91 Å². The molecule has 14 heavy (non-hydrogen) atoms. The lowest BCUT2D eigenvalue weighted by molar-refractivity contribution is -0.138. The number of amides is 1. The molecule has 84 valence electrons. The zero-order chi connectivity index (χ0) is 10.4. The van der Waals surface area contributed by atoms with Crippen molar-refractivity contribution in [2.24, 2.45) is 11.7 Å². The molecule has 0 rings (SSSR count). The third-order valence-corrected chi connectivity index (χ3v) is 1.48. The lowest BCUT2D eigenvalue weighted by atomic mass is 10.0. The lowest BCUT2D eigenvalue weighted by Gasteiger charge is -2.12. The minimum atomic E-state index is -1.06. The Morgan fingerprint density at radius 2 is 1.93 bits per heavy atom. The van der Waals surface area contributed by atoms with Crippen molar-refractivity contribution in [1.29, 1.82) is 0 Å². The quantitative estimate of drug-likeness (QED) is 0.519. The van der Waals surface area contributed by atoms with E-state index >= 15 is 0 Å². The Hall–Kier alpha value is -1.14. The standard InChI is InChI=1S/C8H16N2O3.H2O/c1-5(2)3-6(9)8(13)10-4-7(11)12;/h5-6H,3-4,9H2,1-2H3,(H,10,13)(H,11,12);1H2. The van der Waals surface area contributed by atoms with Gasteiger partial charge in [-0.25, -0.2) is 0 Å². The maximum Gasteiger partial charge on any atom is 0.322 e. The van der Waals surface area contributed by atoms with E-state index in [2.05, 4.69) is 5.32 Å². The molecule has 0 saturated heterocycles. The molecule has 0 spiro atoms. The van der Waals surface area contributed by atoms with Gasteiger partial charge in [-0.1, -0.05) is 13.8 Å². The van der Waals surface area contributed by atoms with Crippen LogP contribution in [0.1, 0.15) is 20.3 Å². The molecule has 6 N–H and O–H groups in total. The number of aliphatic carboxylic acids is 1. The van der Waals surface area contributed by atoms with Crippen molar-refractivity contribution in [3.05, 3.63) is 0 Å². The average molecular weight is 206 g/mol. The maximum absolute atomic E-state index is 11.1. The third kappa shape index (κ3) is 7.51. The number of rotatable bonds is 5. The van der Waals surface area contributed by atoms with Gasteiger partial charge < -0.3 is 21.6 Å². The van der Waals surface area contributed by atoms with Gasteiger partial charge in [0, 0.05) is 0 Å². The van der Waals surface area contributed by atoms with E-state index in [1.165, 1.54) is 0 Å². The molecule has 1 atom stereocenters. The van der Waals surface area contributed by atoms with E-state index in [1.807, 2.05) is 13.8 Å².